The van der Waals surface area contributed by atoms with Crippen LogP contribution in [0, 0.1) is 0 Å². The molecule has 0 amide bonds. The number of rotatable bonds is 5. The normalized spacial score (nSPS) is 10.4. The fourth-order valence-electron chi connectivity index (χ4n) is 3.24. The van der Waals surface area contributed by atoms with Crippen LogP contribution in [-0.2, 0) is 24.7 Å². The smallest absolute Gasteiger partial charge is 0.286 e. The third-order valence-electron chi connectivity index (χ3n) is 4.72. The summed E-state index contributed by atoms with van der Waals surface area (Å²) in [6.07, 6.45) is 5.38. The van der Waals surface area contributed by atoms with E-state index in [-0.39, 0.29) is 6.71 Å². The minimum atomic E-state index is -0.0382. The van der Waals surface area contributed by atoms with Crippen molar-refractivity contribution in [2.45, 2.75) is 3.63 Å². The molecule has 0 atom stereocenters. The zero-order chi connectivity index (χ0) is 20.6. The predicted octanol–water partition coefficient (Wildman–Crippen LogP) is 1.69. The number of hydrogen-bond acceptors (Lipinski definition) is 3. The first-order valence-corrected chi connectivity index (χ1v) is 11.0. The van der Waals surface area contributed by atoms with Gasteiger partial charge < -0.3 is 0 Å². The third kappa shape index (κ3) is 4.95. The van der Waals surface area contributed by atoms with Crippen LogP contribution in [0.5, 0.6) is 0 Å². The monoisotopic (exact) mass is 469 g/mol. The number of nitrogens with one attached hydrogen (secondary N) is 3. The molecule has 5 aromatic rings. The molecule has 0 aliphatic carbocycles. The Morgan fingerprint density at radius 2 is 0.933 bits per heavy atom. The van der Waals surface area contributed by atoms with E-state index in [0.717, 1.165) is 16.8 Å². The first-order chi connectivity index (χ1) is 14.8. The summed E-state index contributed by atoms with van der Waals surface area (Å²) in [5.41, 5.74) is 5.53. The summed E-state index contributed by atoms with van der Waals surface area (Å²) in [6, 6.07) is 27.1. The molecular formula is C22H20BN6Zr. The minimum Gasteiger partial charge on any atom is -0.286 e. The predicted molar refractivity (Wildman–Crippen MR) is 115 cm³/mol. The van der Waals surface area contributed by atoms with Gasteiger partial charge in [0, 0.05) is 35.4 Å². The molecule has 6 nitrogen and oxygen atoms in total. The van der Waals surface area contributed by atoms with Crippen LogP contribution in [0.3, 0.4) is 0 Å². The van der Waals surface area contributed by atoms with Crippen LogP contribution in [-0.4, -0.2) is 37.3 Å². The first kappa shape index (κ1) is 20.3. The number of aromatic nitrogens is 6. The Morgan fingerprint density at radius 3 is 1.23 bits per heavy atom. The maximum Gasteiger partial charge on any atom is 0.317 e. The number of H-pyrrole nitrogens is 3. The molecule has 0 fully saturated rings. The molecule has 3 heterocycles. The molecule has 0 radical (unpaired) electrons. The zero-order valence-electron chi connectivity index (χ0n) is 16.2. The molecule has 145 valence electrons. The van der Waals surface area contributed by atoms with E-state index in [2.05, 4.69) is 91.3 Å². The van der Waals surface area contributed by atoms with Crippen molar-refractivity contribution in [2.75, 3.05) is 0 Å². The topological polar surface area (TPSA) is 86.0 Å². The summed E-state index contributed by atoms with van der Waals surface area (Å²) in [4.78, 5) is 0. The Hall–Kier alpha value is -2.98. The van der Waals surface area contributed by atoms with Crippen molar-refractivity contribution in [3.8, 4) is 0 Å². The molecule has 0 saturated heterocycles. The standard InChI is InChI=1S/C13H11.C9H9BN6.Zr/c1-3-7-12(8-4-1)11-13-9-5-2-6-10-13;1-4-11-14-7(1)10(8-2-5-12-15-8)9-3-6-13-16-9;/h1-11H;1-6H,(H,11,14)(H,12,15)(H,13,16);. The van der Waals surface area contributed by atoms with E-state index in [1.165, 1.54) is 11.1 Å². The van der Waals surface area contributed by atoms with E-state index in [0.29, 0.717) is 3.63 Å². The molecule has 0 saturated carbocycles. The molecule has 0 spiro atoms. The number of nitrogens with zero attached hydrogens (tertiary/aromatic N) is 3. The Bertz CT molecular complexity index is 976. The van der Waals surface area contributed by atoms with Crippen LogP contribution < -0.4 is 16.8 Å². The van der Waals surface area contributed by atoms with Gasteiger partial charge in [0.2, 0.25) is 0 Å². The van der Waals surface area contributed by atoms with Crippen molar-refractivity contribution >= 4 is 23.5 Å². The number of benzene rings is 2. The summed E-state index contributed by atoms with van der Waals surface area (Å²) in [6.45, 7) is -0.0382. The second-order valence-corrected chi connectivity index (χ2v) is 8.10. The van der Waals surface area contributed by atoms with Gasteiger partial charge in [0.25, 0.3) is 0 Å². The largest absolute Gasteiger partial charge is 0.317 e. The molecular weight excluding hydrogens is 450 g/mol. The van der Waals surface area contributed by atoms with Gasteiger partial charge in [-0.15, -0.1) is 0 Å². The van der Waals surface area contributed by atoms with Crippen molar-refractivity contribution in [3.63, 3.8) is 0 Å². The van der Waals surface area contributed by atoms with Crippen molar-refractivity contribution in [2.24, 2.45) is 0 Å². The van der Waals surface area contributed by atoms with Crippen LogP contribution in [0.25, 0.3) is 0 Å². The van der Waals surface area contributed by atoms with E-state index < -0.39 is 0 Å². The van der Waals surface area contributed by atoms with Gasteiger partial charge in [-0.25, -0.2) is 0 Å². The molecule has 3 aromatic heterocycles. The first-order valence-electron chi connectivity index (χ1n) is 9.63. The van der Waals surface area contributed by atoms with Crippen LogP contribution in [0.2, 0.25) is 0 Å². The summed E-state index contributed by atoms with van der Waals surface area (Å²) in [5, 5.41) is 21.0. The summed E-state index contributed by atoms with van der Waals surface area (Å²) in [5.74, 6) is 0. The third-order valence-corrected chi connectivity index (χ3v) is 6.36. The van der Waals surface area contributed by atoms with Gasteiger partial charge in [-0.3, -0.25) is 15.3 Å². The molecule has 8 heteroatoms. The minimum absolute atomic E-state index is 0.0382. The van der Waals surface area contributed by atoms with E-state index in [1.807, 2.05) is 18.2 Å². The summed E-state index contributed by atoms with van der Waals surface area (Å²) in [7, 11) is 0. The number of hydrogen-bond donors (Lipinski definition) is 3. The van der Waals surface area contributed by atoms with Gasteiger partial charge in [-0.2, -0.15) is 15.3 Å². The maximum absolute atomic E-state index is 4.20. The van der Waals surface area contributed by atoms with Gasteiger partial charge in [0.05, 0.1) is 0 Å². The van der Waals surface area contributed by atoms with Crippen molar-refractivity contribution in [1.29, 1.82) is 0 Å². The van der Waals surface area contributed by atoms with Crippen LogP contribution >= 0.6 is 0 Å². The SMILES string of the molecule is [Zr][CH](c1ccccc1)c1ccccc1.c1cc(B(c2cc[nH]n2)c2cc[nH]n2)n[nH]1. The quantitative estimate of drug-likeness (QED) is 0.342. The van der Waals surface area contributed by atoms with E-state index in [4.69, 9.17) is 0 Å². The van der Waals surface area contributed by atoms with Gasteiger partial charge in [-0.05, 0) is 18.2 Å². The maximum atomic E-state index is 4.20. The molecule has 30 heavy (non-hydrogen) atoms. The molecule has 0 aliphatic heterocycles. The van der Waals surface area contributed by atoms with Crippen LogP contribution in [0.4, 0.5) is 0 Å². The Kier molecular flexibility index (Phi) is 6.88. The average molecular weight is 470 g/mol. The van der Waals surface area contributed by atoms with E-state index in [9.17, 15) is 0 Å². The molecule has 0 aliphatic rings. The second-order valence-electron chi connectivity index (χ2n) is 6.68. The van der Waals surface area contributed by atoms with E-state index in [1.54, 1.807) is 43.3 Å². The Morgan fingerprint density at radius 1 is 0.567 bits per heavy atom. The summed E-state index contributed by atoms with van der Waals surface area (Å²) < 4.78 is 0.574. The van der Waals surface area contributed by atoms with Gasteiger partial charge in [0.15, 0.2) is 0 Å². The van der Waals surface area contributed by atoms with Crippen molar-refractivity contribution < 1.29 is 24.7 Å². The Labute approximate surface area is 190 Å². The molecule has 3 N–H and O–H groups in total. The van der Waals surface area contributed by atoms with Crippen LogP contribution in [0.15, 0.2) is 97.5 Å². The van der Waals surface area contributed by atoms with E-state index >= 15 is 0 Å². The zero-order valence-corrected chi connectivity index (χ0v) is 18.7. The fraction of sp³-hybridized carbons (Fsp3) is 0.0455. The van der Waals surface area contributed by atoms with Gasteiger partial charge in [0.1, 0.15) is 0 Å². The summed E-state index contributed by atoms with van der Waals surface area (Å²) >= 11 is 1.54. The molecule has 0 bridgehead atoms. The second kappa shape index (κ2) is 10.2. The number of aromatic amines is 3. The molecule has 2 aromatic carbocycles. The average Bonchev–Trinajstić information content (AvgIpc) is 3.60. The Balaban J connectivity index is 0.000000147. The van der Waals surface area contributed by atoms with Gasteiger partial charge >= 0.3 is 107 Å². The van der Waals surface area contributed by atoms with Crippen LogP contribution in [0.1, 0.15) is 14.8 Å². The fourth-order valence-corrected chi connectivity index (χ4v) is 4.18. The van der Waals surface area contributed by atoms with Crippen molar-refractivity contribution in [3.05, 3.63) is 109 Å². The molecule has 5 rings (SSSR count). The molecule has 0 unspecified atom stereocenters. The van der Waals surface area contributed by atoms with Crippen molar-refractivity contribution in [1.82, 2.24) is 30.6 Å². The van der Waals surface area contributed by atoms with Gasteiger partial charge in [-0.1, -0.05) is 0 Å².